The van der Waals surface area contributed by atoms with E-state index >= 15 is 0 Å². The molecule has 6 nitrogen and oxygen atoms in total. The van der Waals surface area contributed by atoms with Gasteiger partial charge in [-0.05, 0) is 66.4 Å². The third-order valence-corrected chi connectivity index (χ3v) is 5.75. The summed E-state index contributed by atoms with van der Waals surface area (Å²) in [6.07, 6.45) is 2.01. The van der Waals surface area contributed by atoms with E-state index in [-0.39, 0.29) is 17.3 Å². The largest absolute Gasteiger partial charge is 0.370 e. The Kier molecular flexibility index (Phi) is 7.18. The van der Waals surface area contributed by atoms with Crippen LogP contribution in [0.3, 0.4) is 0 Å². The molecule has 176 valence electrons. The monoisotopic (exact) mass is 464 g/mol. The molecule has 0 saturated carbocycles. The predicted molar refractivity (Wildman–Crippen MR) is 128 cm³/mol. The number of nitrogens with one attached hydrogen (secondary N) is 2. The zero-order valence-corrected chi connectivity index (χ0v) is 18.6. The first-order chi connectivity index (χ1) is 16.4. The second kappa shape index (κ2) is 10.4. The van der Waals surface area contributed by atoms with Crippen molar-refractivity contribution in [2.75, 3.05) is 22.1 Å². The van der Waals surface area contributed by atoms with Crippen LogP contribution in [0.4, 0.5) is 25.8 Å². The summed E-state index contributed by atoms with van der Waals surface area (Å²) >= 11 is 0. The lowest BCUT2D eigenvalue weighted by molar-refractivity contribution is -0.119. The smallest absolute Gasteiger partial charge is 0.251 e. The van der Waals surface area contributed by atoms with Crippen LogP contribution in [0.2, 0.25) is 0 Å². The van der Waals surface area contributed by atoms with Gasteiger partial charge in [0.1, 0.15) is 17.7 Å². The normalized spacial score (nSPS) is 14.6. The van der Waals surface area contributed by atoms with E-state index in [1.807, 2.05) is 12.1 Å². The van der Waals surface area contributed by atoms with Crippen LogP contribution in [0.5, 0.6) is 0 Å². The number of anilines is 3. The first kappa shape index (κ1) is 23.4. The molecule has 1 atom stereocenters. The summed E-state index contributed by atoms with van der Waals surface area (Å²) in [5, 5.41) is 5.82. The molecular weight excluding hydrogens is 438 g/mol. The molecule has 1 fully saturated rings. The summed E-state index contributed by atoms with van der Waals surface area (Å²) in [6.45, 7) is 0.798. The SMILES string of the molecule is NCc1cccc(NC(C(=O)Nc2ccc(N3CCCCC3=O)c(F)c2)c2cccc(F)c2)c1. The number of halogens is 2. The topological polar surface area (TPSA) is 87.5 Å². The van der Waals surface area contributed by atoms with Crippen molar-refractivity contribution in [3.05, 3.63) is 89.5 Å². The van der Waals surface area contributed by atoms with Crippen LogP contribution in [-0.4, -0.2) is 18.4 Å². The van der Waals surface area contributed by atoms with E-state index in [4.69, 9.17) is 5.73 Å². The predicted octanol–water partition coefficient (Wildman–Crippen LogP) is 4.73. The van der Waals surface area contributed by atoms with Crippen LogP contribution in [0, 0.1) is 11.6 Å². The fraction of sp³-hybridized carbons (Fsp3) is 0.231. The van der Waals surface area contributed by atoms with Crippen molar-refractivity contribution in [1.82, 2.24) is 0 Å². The minimum absolute atomic E-state index is 0.114. The number of piperidine rings is 1. The highest BCUT2D eigenvalue weighted by Crippen LogP contribution is 2.28. The Labute approximate surface area is 196 Å². The first-order valence-corrected chi connectivity index (χ1v) is 11.2. The number of amides is 2. The van der Waals surface area contributed by atoms with Crippen molar-refractivity contribution in [3.8, 4) is 0 Å². The number of nitrogens with two attached hydrogens (primary N) is 1. The standard InChI is InChI=1S/C26H26F2N4O2/c27-19-7-4-6-18(14-19)25(30-20-8-3-5-17(13-20)16-29)26(34)31-21-10-11-23(22(28)15-21)32-12-2-1-9-24(32)33/h3-8,10-11,13-15,25,30H,1-2,9,12,16,29H2,(H,31,34). The van der Waals surface area contributed by atoms with Crippen molar-refractivity contribution < 1.29 is 18.4 Å². The summed E-state index contributed by atoms with van der Waals surface area (Å²) in [4.78, 5) is 26.8. The first-order valence-electron chi connectivity index (χ1n) is 11.2. The number of carbonyl (C=O) groups excluding carboxylic acids is 2. The van der Waals surface area contributed by atoms with Gasteiger partial charge in [0.05, 0.1) is 5.69 Å². The van der Waals surface area contributed by atoms with Crippen molar-refractivity contribution in [1.29, 1.82) is 0 Å². The van der Waals surface area contributed by atoms with Gasteiger partial charge in [0, 0.05) is 30.9 Å². The van der Waals surface area contributed by atoms with Crippen LogP contribution in [0.15, 0.2) is 66.7 Å². The Morgan fingerprint density at radius 2 is 1.82 bits per heavy atom. The van der Waals surface area contributed by atoms with Gasteiger partial charge < -0.3 is 21.3 Å². The van der Waals surface area contributed by atoms with E-state index in [2.05, 4.69) is 10.6 Å². The molecule has 1 aliphatic rings. The van der Waals surface area contributed by atoms with Crippen molar-refractivity contribution >= 4 is 28.9 Å². The van der Waals surface area contributed by atoms with Gasteiger partial charge in [0.15, 0.2) is 0 Å². The number of hydrogen-bond donors (Lipinski definition) is 3. The highest BCUT2D eigenvalue weighted by atomic mass is 19.1. The lowest BCUT2D eigenvalue weighted by Gasteiger charge is -2.27. The quantitative estimate of drug-likeness (QED) is 0.472. The molecule has 0 aliphatic carbocycles. The van der Waals surface area contributed by atoms with E-state index in [9.17, 15) is 18.4 Å². The Hall–Kier alpha value is -3.78. The molecule has 8 heteroatoms. The summed E-state index contributed by atoms with van der Waals surface area (Å²) in [6, 6.07) is 16.3. The van der Waals surface area contributed by atoms with Crippen LogP contribution < -0.4 is 21.3 Å². The summed E-state index contributed by atoms with van der Waals surface area (Å²) < 4.78 is 28.8. The number of carbonyl (C=O) groups is 2. The maximum Gasteiger partial charge on any atom is 0.251 e. The average molecular weight is 465 g/mol. The van der Waals surface area contributed by atoms with E-state index in [1.165, 1.54) is 35.2 Å². The van der Waals surface area contributed by atoms with Gasteiger partial charge in [-0.25, -0.2) is 8.78 Å². The zero-order chi connectivity index (χ0) is 24.1. The second-order valence-electron chi connectivity index (χ2n) is 8.19. The van der Waals surface area contributed by atoms with Gasteiger partial charge in [0.2, 0.25) is 5.91 Å². The molecule has 1 unspecified atom stereocenters. The molecule has 1 saturated heterocycles. The highest BCUT2D eigenvalue weighted by Gasteiger charge is 2.24. The van der Waals surface area contributed by atoms with Crippen molar-refractivity contribution in [2.24, 2.45) is 5.73 Å². The second-order valence-corrected chi connectivity index (χ2v) is 8.19. The number of rotatable bonds is 7. The van der Waals surface area contributed by atoms with E-state index in [0.29, 0.717) is 30.8 Å². The van der Waals surface area contributed by atoms with Crippen molar-refractivity contribution in [2.45, 2.75) is 31.8 Å². The molecule has 0 radical (unpaired) electrons. The molecule has 34 heavy (non-hydrogen) atoms. The Morgan fingerprint density at radius 1 is 1.00 bits per heavy atom. The molecule has 4 rings (SSSR count). The fourth-order valence-electron chi connectivity index (χ4n) is 4.02. The Balaban J connectivity index is 1.57. The molecule has 0 bridgehead atoms. The van der Waals surface area contributed by atoms with Crippen LogP contribution >= 0.6 is 0 Å². The van der Waals surface area contributed by atoms with Gasteiger partial charge in [-0.3, -0.25) is 9.59 Å². The summed E-state index contributed by atoms with van der Waals surface area (Å²) in [5.74, 6) is -1.68. The van der Waals surface area contributed by atoms with Crippen LogP contribution in [0.25, 0.3) is 0 Å². The van der Waals surface area contributed by atoms with E-state index < -0.39 is 23.6 Å². The molecule has 3 aromatic carbocycles. The minimum Gasteiger partial charge on any atom is -0.370 e. The molecule has 3 aromatic rings. The van der Waals surface area contributed by atoms with Gasteiger partial charge in [0.25, 0.3) is 5.91 Å². The fourth-order valence-corrected chi connectivity index (χ4v) is 4.02. The lowest BCUT2D eigenvalue weighted by Crippen LogP contribution is -2.35. The number of hydrogen-bond acceptors (Lipinski definition) is 4. The number of benzene rings is 3. The molecule has 1 heterocycles. The van der Waals surface area contributed by atoms with Crippen LogP contribution in [0.1, 0.15) is 36.4 Å². The third kappa shape index (κ3) is 5.40. The average Bonchev–Trinajstić information content (AvgIpc) is 2.83. The number of nitrogens with zero attached hydrogens (tertiary/aromatic N) is 1. The Morgan fingerprint density at radius 3 is 2.56 bits per heavy atom. The summed E-state index contributed by atoms with van der Waals surface area (Å²) in [5.41, 5.74) is 8.06. The third-order valence-electron chi connectivity index (χ3n) is 5.75. The minimum atomic E-state index is -0.949. The zero-order valence-electron chi connectivity index (χ0n) is 18.6. The highest BCUT2D eigenvalue weighted by molar-refractivity contribution is 5.98. The maximum atomic E-state index is 14.8. The van der Waals surface area contributed by atoms with E-state index in [1.54, 1.807) is 24.3 Å². The molecule has 0 aromatic heterocycles. The van der Waals surface area contributed by atoms with Gasteiger partial charge in [-0.1, -0.05) is 24.3 Å². The molecule has 4 N–H and O–H groups in total. The summed E-state index contributed by atoms with van der Waals surface area (Å²) in [7, 11) is 0. The molecule has 1 aliphatic heterocycles. The Bertz CT molecular complexity index is 1200. The molecule has 0 spiro atoms. The van der Waals surface area contributed by atoms with Gasteiger partial charge in [-0.15, -0.1) is 0 Å². The molecular formula is C26H26F2N4O2. The maximum absolute atomic E-state index is 14.8. The van der Waals surface area contributed by atoms with Gasteiger partial charge >= 0.3 is 0 Å². The van der Waals surface area contributed by atoms with Crippen LogP contribution in [-0.2, 0) is 16.1 Å². The van der Waals surface area contributed by atoms with Crippen molar-refractivity contribution in [3.63, 3.8) is 0 Å². The molecule has 2 amide bonds. The van der Waals surface area contributed by atoms with Gasteiger partial charge in [-0.2, -0.15) is 0 Å². The lowest BCUT2D eigenvalue weighted by atomic mass is 10.0. The van der Waals surface area contributed by atoms with E-state index in [0.717, 1.165) is 18.4 Å².